The van der Waals surface area contributed by atoms with E-state index >= 15 is 0 Å². The van der Waals surface area contributed by atoms with Gasteiger partial charge in [0.05, 0.1) is 0 Å². The van der Waals surface area contributed by atoms with Crippen molar-refractivity contribution in [1.29, 1.82) is 0 Å². The lowest BCUT2D eigenvalue weighted by Gasteiger charge is -2.09. The van der Waals surface area contributed by atoms with Crippen molar-refractivity contribution in [3.05, 3.63) is 37.0 Å². The third kappa shape index (κ3) is 15.4. The lowest BCUT2D eigenvalue weighted by atomic mass is 10.3. The van der Waals surface area contributed by atoms with Crippen LogP contribution in [0.2, 0.25) is 0 Å². The van der Waals surface area contributed by atoms with Gasteiger partial charge in [-0.05, 0) is 14.0 Å². The summed E-state index contributed by atoms with van der Waals surface area (Å²) in [6.45, 7) is 9.09. The van der Waals surface area contributed by atoms with Gasteiger partial charge in [-0.2, -0.15) is 0 Å². The van der Waals surface area contributed by atoms with Gasteiger partial charge in [-0.1, -0.05) is 37.0 Å². The summed E-state index contributed by atoms with van der Waals surface area (Å²) in [7, 11) is 3.33. The van der Waals surface area contributed by atoms with E-state index in [0.717, 1.165) is 5.57 Å². The van der Waals surface area contributed by atoms with Crippen LogP contribution in [0.1, 0.15) is 6.92 Å². The highest BCUT2D eigenvalue weighted by Crippen LogP contribution is 1.90. The van der Waals surface area contributed by atoms with Gasteiger partial charge in [0.25, 0.3) is 0 Å². The van der Waals surface area contributed by atoms with E-state index in [1.807, 2.05) is 13.0 Å². The Bertz CT molecular complexity index is 235. The van der Waals surface area contributed by atoms with Gasteiger partial charge in [0.15, 0.2) is 0 Å². The fourth-order valence-corrected chi connectivity index (χ4v) is 0.536. The van der Waals surface area contributed by atoms with Crippen molar-refractivity contribution in [2.24, 2.45) is 0 Å². The molecule has 0 aliphatic heterocycles. The molecule has 0 aromatic rings. The molecule has 0 unspecified atom stereocenters. The van der Waals surface area contributed by atoms with Crippen molar-refractivity contribution in [3.63, 3.8) is 0 Å². The van der Waals surface area contributed by atoms with E-state index in [2.05, 4.69) is 18.6 Å². The van der Waals surface area contributed by atoms with E-state index in [-0.39, 0.29) is 6.54 Å². The van der Waals surface area contributed by atoms with Gasteiger partial charge in [-0.25, -0.2) is 5.01 Å². The second-order valence-electron chi connectivity index (χ2n) is 2.82. The third-order valence-electron chi connectivity index (χ3n) is 1.46. The maximum atomic E-state index is 9.89. The first-order chi connectivity index (χ1) is 6.97. The number of hydrazine groups is 1. The minimum Gasteiger partial charge on any atom is -0.480 e. The Morgan fingerprint density at radius 3 is 2.20 bits per heavy atom. The predicted octanol–water partition coefficient (Wildman–Crippen LogP) is 1.44. The van der Waals surface area contributed by atoms with Gasteiger partial charge in [0.2, 0.25) is 0 Å². The fraction of sp³-hybridized carbons (Fsp3) is 0.364. The highest BCUT2D eigenvalue weighted by molar-refractivity contribution is 5.68. The number of aliphatic carboxylic acids is 1. The average Bonchev–Trinajstić information content (AvgIpc) is 2.18. The standard InChI is InChI=1S/C7H10.C4H10N2O2/c1-4-6-7(3)5-2;1-5-6(2)3-4(7)8/h4-6H,1-2H2,3H3;5H,3H2,1-2H3,(H,7,8)/b7-6-;. The van der Waals surface area contributed by atoms with Crippen LogP contribution in [-0.4, -0.2) is 36.7 Å². The summed E-state index contributed by atoms with van der Waals surface area (Å²) in [5.41, 5.74) is 3.80. The molecule has 0 aliphatic rings. The van der Waals surface area contributed by atoms with Crippen LogP contribution in [0.4, 0.5) is 0 Å². The minimum atomic E-state index is -0.832. The number of likely N-dealkylation sites (N-methyl/N-ethyl adjacent to an activating group) is 1. The van der Waals surface area contributed by atoms with Gasteiger partial charge < -0.3 is 5.11 Å². The SMILES string of the molecule is C=C/C=C(/C)C=C.CNN(C)CC(=O)O. The van der Waals surface area contributed by atoms with Crippen molar-refractivity contribution in [3.8, 4) is 0 Å². The average molecular weight is 212 g/mol. The molecule has 0 rings (SSSR count). The molecule has 0 radical (unpaired) electrons. The quantitative estimate of drug-likeness (QED) is 0.535. The van der Waals surface area contributed by atoms with Gasteiger partial charge >= 0.3 is 5.97 Å². The second-order valence-corrected chi connectivity index (χ2v) is 2.82. The summed E-state index contributed by atoms with van der Waals surface area (Å²) in [6.07, 6.45) is 5.45. The Morgan fingerprint density at radius 1 is 1.53 bits per heavy atom. The third-order valence-corrected chi connectivity index (χ3v) is 1.46. The first-order valence-electron chi connectivity index (χ1n) is 4.50. The number of nitrogens with one attached hydrogen (secondary N) is 1. The topological polar surface area (TPSA) is 52.6 Å². The number of nitrogens with zero attached hydrogens (tertiary/aromatic N) is 1. The molecule has 0 atom stereocenters. The summed E-state index contributed by atoms with van der Waals surface area (Å²) in [5.74, 6) is -0.832. The first-order valence-corrected chi connectivity index (χ1v) is 4.50. The minimum absolute atomic E-state index is 0.0243. The number of carboxylic acids is 1. The smallest absolute Gasteiger partial charge is 0.319 e. The van der Waals surface area contributed by atoms with Crippen molar-refractivity contribution >= 4 is 5.97 Å². The Labute approximate surface area is 91.6 Å². The summed E-state index contributed by atoms with van der Waals surface area (Å²) < 4.78 is 0. The van der Waals surface area contributed by atoms with E-state index in [1.54, 1.807) is 26.2 Å². The van der Waals surface area contributed by atoms with E-state index in [9.17, 15) is 4.79 Å². The predicted molar refractivity (Wildman–Crippen MR) is 63.5 cm³/mol. The van der Waals surface area contributed by atoms with Crippen LogP contribution in [0.15, 0.2) is 37.0 Å². The molecule has 15 heavy (non-hydrogen) atoms. The van der Waals surface area contributed by atoms with Crippen LogP contribution in [-0.2, 0) is 4.79 Å². The van der Waals surface area contributed by atoms with E-state index in [1.165, 1.54) is 5.01 Å². The van der Waals surface area contributed by atoms with Crippen LogP contribution < -0.4 is 5.43 Å². The Kier molecular flexibility index (Phi) is 11.4. The van der Waals surface area contributed by atoms with Gasteiger partial charge in [-0.15, -0.1) is 0 Å². The summed E-state index contributed by atoms with van der Waals surface area (Å²) in [6, 6.07) is 0. The molecule has 0 amide bonds. The van der Waals surface area contributed by atoms with Crippen molar-refractivity contribution in [2.45, 2.75) is 6.92 Å². The Balaban J connectivity index is 0. The van der Waals surface area contributed by atoms with Crippen molar-refractivity contribution in [1.82, 2.24) is 10.4 Å². The molecule has 0 aliphatic carbocycles. The number of hydrogen-bond donors (Lipinski definition) is 2. The zero-order chi connectivity index (χ0) is 12.3. The monoisotopic (exact) mass is 212 g/mol. The number of allylic oxidation sites excluding steroid dienone is 4. The number of rotatable bonds is 5. The molecule has 4 nitrogen and oxygen atoms in total. The van der Waals surface area contributed by atoms with Crippen LogP contribution in [0.25, 0.3) is 0 Å². The summed E-state index contributed by atoms with van der Waals surface area (Å²) >= 11 is 0. The summed E-state index contributed by atoms with van der Waals surface area (Å²) in [5, 5.41) is 9.61. The van der Waals surface area contributed by atoms with E-state index in [0.29, 0.717) is 0 Å². The fourth-order valence-electron chi connectivity index (χ4n) is 0.536. The lowest BCUT2D eigenvalue weighted by molar-refractivity contribution is -0.138. The van der Waals surface area contributed by atoms with Gasteiger partial charge in [-0.3, -0.25) is 10.2 Å². The zero-order valence-electron chi connectivity index (χ0n) is 9.66. The Morgan fingerprint density at radius 2 is 2.07 bits per heavy atom. The molecule has 0 aromatic heterocycles. The molecule has 0 fully saturated rings. The second kappa shape index (κ2) is 10.7. The van der Waals surface area contributed by atoms with E-state index < -0.39 is 5.97 Å². The molecule has 2 N–H and O–H groups in total. The normalized spacial score (nSPS) is 10.3. The van der Waals surface area contributed by atoms with Gasteiger partial charge in [0, 0.05) is 7.05 Å². The van der Waals surface area contributed by atoms with Crippen molar-refractivity contribution in [2.75, 3.05) is 20.6 Å². The highest BCUT2D eigenvalue weighted by atomic mass is 16.4. The molecule has 4 heteroatoms. The molecule has 0 saturated carbocycles. The van der Waals surface area contributed by atoms with Crippen LogP contribution >= 0.6 is 0 Å². The molecule has 0 bridgehead atoms. The molecule has 0 saturated heterocycles. The molecular weight excluding hydrogens is 192 g/mol. The largest absolute Gasteiger partial charge is 0.480 e. The molecule has 86 valence electrons. The van der Waals surface area contributed by atoms with Crippen LogP contribution in [0.5, 0.6) is 0 Å². The molecule has 0 spiro atoms. The number of carboxylic acid groups (broad SMARTS) is 1. The maximum Gasteiger partial charge on any atom is 0.319 e. The first kappa shape index (κ1) is 16.1. The van der Waals surface area contributed by atoms with Crippen LogP contribution in [0.3, 0.4) is 0 Å². The van der Waals surface area contributed by atoms with Gasteiger partial charge in [0.1, 0.15) is 6.54 Å². The maximum absolute atomic E-state index is 9.89. The summed E-state index contributed by atoms with van der Waals surface area (Å²) in [4.78, 5) is 9.89. The number of hydrogen-bond acceptors (Lipinski definition) is 3. The highest BCUT2D eigenvalue weighted by Gasteiger charge is 1.98. The van der Waals surface area contributed by atoms with E-state index in [4.69, 9.17) is 5.11 Å². The number of carbonyl (C=O) groups is 1. The van der Waals surface area contributed by atoms with Crippen LogP contribution in [0, 0.1) is 0 Å². The molecular formula is C11H20N2O2. The Hall–Kier alpha value is -1.39. The zero-order valence-corrected chi connectivity index (χ0v) is 9.66. The molecule has 0 aromatic carbocycles. The van der Waals surface area contributed by atoms with Crippen molar-refractivity contribution < 1.29 is 9.90 Å². The molecule has 0 heterocycles. The lowest BCUT2D eigenvalue weighted by Crippen LogP contribution is -2.35.